The fourth-order valence-corrected chi connectivity index (χ4v) is 2.92. The summed E-state index contributed by atoms with van der Waals surface area (Å²) in [5.41, 5.74) is 0.784. The summed E-state index contributed by atoms with van der Waals surface area (Å²) in [6.07, 6.45) is -3.57. The van der Waals surface area contributed by atoms with E-state index >= 15 is 0 Å². The molecule has 0 aromatic carbocycles. The molecule has 14 heavy (non-hydrogen) atoms. The van der Waals surface area contributed by atoms with Crippen molar-refractivity contribution in [2.75, 3.05) is 0 Å². The van der Waals surface area contributed by atoms with E-state index in [0.717, 1.165) is 10.4 Å². The minimum Gasteiger partial charge on any atom is -0.169 e. The van der Waals surface area contributed by atoms with Crippen LogP contribution in [0.3, 0.4) is 0 Å². The fraction of sp³-hybridized carbons (Fsp3) is 0.556. The molecule has 0 nitrogen and oxygen atoms in total. The molecule has 0 fully saturated rings. The van der Waals surface area contributed by atoms with Crippen LogP contribution in [0.5, 0.6) is 0 Å². The van der Waals surface area contributed by atoms with Crippen molar-refractivity contribution in [2.45, 2.75) is 31.3 Å². The zero-order valence-corrected chi connectivity index (χ0v) is 10.2. The fourth-order valence-electron chi connectivity index (χ4n) is 1.22. The van der Waals surface area contributed by atoms with Crippen molar-refractivity contribution < 1.29 is 13.2 Å². The van der Waals surface area contributed by atoms with Gasteiger partial charge in [-0.05, 0) is 25.0 Å². The van der Waals surface area contributed by atoms with Crippen molar-refractivity contribution in [3.8, 4) is 0 Å². The van der Waals surface area contributed by atoms with Gasteiger partial charge in [-0.25, -0.2) is 0 Å². The van der Waals surface area contributed by atoms with Gasteiger partial charge in [0.2, 0.25) is 0 Å². The molecule has 1 unspecified atom stereocenters. The average Bonchev–Trinajstić information content (AvgIpc) is 2.43. The number of aryl methyl sites for hydroxylation is 2. The summed E-state index contributed by atoms with van der Waals surface area (Å²) in [4.78, 5) is -0.216. The Morgan fingerprint density at radius 3 is 2.50 bits per heavy atom. The van der Waals surface area contributed by atoms with E-state index in [1.807, 2.05) is 19.9 Å². The normalized spacial score (nSPS) is 14.4. The van der Waals surface area contributed by atoms with Crippen molar-refractivity contribution in [1.29, 1.82) is 0 Å². The second-order valence-electron chi connectivity index (χ2n) is 3.00. The highest BCUT2D eigenvalue weighted by atomic mass is 79.9. The molecule has 0 saturated heterocycles. The van der Waals surface area contributed by atoms with Gasteiger partial charge in [-0.3, -0.25) is 0 Å². The molecule has 0 aliphatic carbocycles. The van der Waals surface area contributed by atoms with Crippen molar-refractivity contribution in [1.82, 2.24) is 0 Å². The van der Waals surface area contributed by atoms with Crippen LogP contribution in [-0.4, -0.2) is 6.18 Å². The Bertz CT molecular complexity index is 316. The summed E-state index contributed by atoms with van der Waals surface area (Å²) < 4.78 is 37.3. The molecule has 1 rings (SSSR count). The Morgan fingerprint density at radius 2 is 2.07 bits per heavy atom. The zero-order valence-electron chi connectivity index (χ0n) is 7.78. The van der Waals surface area contributed by atoms with Crippen LogP contribution in [0.25, 0.3) is 0 Å². The molecular weight excluding hydrogens is 277 g/mol. The van der Waals surface area contributed by atoms with Gasteiger partial charge < -0.3 is 0 Å². The van der Waals surface area contributed by atoms with Crippen LogP contribution in [0.15, 0.2) is 6.07 Å². The van der Waals surface area contributed by atoms with E-state index in [1.165, 1.54) is 11.3 Å². The standard InChI is InChI=1S/C9H10BrF3S/c1-3-6-4-5(2)14-7(6)8(10)9(11,12)13/h4,8H,3H2,1-2H3. The van der Waals surface area contributed by atoms with E-state index in [2.05, 4.69) is 15.9 Å². The molecule has 0 aliphatic heterocycles. The van der Waals surface area contributed by atoms with E-state index in [9.17, 15) is 13.2 Å². The first-order chi connectivity index (χ1) is 6.36. The molecule has 0 aliphatic rings. The first-order valence-corrected chi connectivity index (χ1v) is 5.89. The number of thiophene rings is 1. The van der Waals surface area contributed by atoms with E-state index < -0.39 is 11.0 Å². The Kier molecular flexibility index (Phi) is 3.63. The lowest BCUT2D eigenvalue weighted by Crippen LogP contribution is -2.15. The van der Waals surface area contributed by atoms with Crippen molar-refractivity contribution in [3.05, 3.63) is 21.4 Å². The highest BCUT2D eigenvalue weighted by Crippen LogP contribution is 2.44. The van der Waals surface area contributed by atoms with E-state index in [1.54, 1.807) is 0 Å². The first kappa shape index (κ1) is 12.0. The quantitative estimate of drug-likeness (QED) is 0.696. The highest BCUT2D eigenvalue weighted by molar-refractivity contribution is 9.09. The maximum atomic E-state index is 12.4. The van der Waals surface area contributed by atoms with Gasteiger partial charge in [-0.15, -0.1) is 11.3 Å². The second kappa shape index (κ2) is 4.23. The lowest BCUT2D eigenvalue weighted by atomic mass is 10.1. The third-order valence-electron chi connectivity index (χ3n) is 1.86. The summed E-state index contributed by atoms with van der Waals surface area (Å²) in [6, 6.07) is 1.82. The van der Waals surface area contributed by atoms with Crippen LogP contribution in [0.1, 0.15) is 27.1 Å². The van der Waals surface area contributed by atoms with Crippen molar-refractivity contribution in [2.24, 2.45) is 0 Å². The average molecular weight is 287 g/mol. The minimum absolute atomic E-state index is 0.387. The molecule has 0 amide bonds. The highest BCUT2D eigenvalue weighted by Gasteiger charge is 2.40. The SMILES string of the molecule is CCc1cc(C)sc1C(Br)C(F)(F)F. The minimum atomic E-state index is -4.21. The molecule has 0 radical (unpaired) electrons. The molecule has 80 valence electrons. The maximum Gasteiger partial charge on any atom is 0.405 e. The smallest absolute Gasteiger partial charge is 0.169 e. The molecule has 0 N–H and O–H groups in total. The topological polar surface area (TPSA) is 0 Å². The molecule has 5 heteroatoms. The van der Waals surface area contributed by atoms with Gasteiger partial charge >= 0.3 is 6.18 Å². The first-order valence-electron chi connectivity index (χ1n) is 4.16. The van der Waals surface area contributed by atoms with Crippen LogP contribution in [0.4, 0.5) is 13.2 Å². The van der Waals surface area contributed by atoms with Gasteiger partial charge in [-0.2, -0.15) is 13.2 Å². The van der Waals surface area contributed by atoms with Crippen LogP contribution >= 0.6 is 27.3 Å². The lowest BCUT2D eigenvalue weighted by Gasteiger charge is -2.13. The zero-order chi connectivity index (χ0) is 10.9. The van der Waals surface area contributed by atoms with Gasteiger partial charge in [0, 0.05) is 9.75 Å². The molecule has 0 saturated carbocycles. The van der Waals surface area contributed by atoms with Crippen molar-refractivity contribution >= 4 is 27.3 Å². The van der Waals surface area contributed by atoms with Gasteiger partial charge in [0.25, 0.3) is 0 Å². The number of rotatable bonds is 2. The van der Waals surface area contributed by atoms with Crippen molar-refractivity contribution in [3.63, 3.8) is 0 Å². The van der Waals surface area contributed by atoms with Gasteiger partial charge in [0.15, 0.2) is 0 Å². The molecule has 1 atom stereocenters. The summed E-state index contributed by atoms with van der Waals surface area (Å²) in [7, 11) is 0. The third kappa shape index (κ3) is 2.51. The lowest BCUT2D eigenvalue weighted by molar-refractivity contribution is -0.127. The third-order valence-corrected chi connectivity index (χ3v) is 4.30. The van der Waals surface area contributed by atoms with E-state index in [-0.39, 0.29) is 0 Å². The summed E-state index contributed by atoms with van der Waals surface area (Å²) >= 11 is 3.90. The maximum absolute atomic E-state index is 12.4. The summed E-state index contributed by atoms with van der Waals surface area (Å²) in [5, 5.41) is 0. The molecule has 1 aromatic rings. The van der Waals surface area contributed by atoms with Gasteiger partial charge in [0.05, 0.1) is 0 Å². The van der Waals surface area contributed by atoms with Gasteiger partial charge in [0.1, 0.15) is 4.83 Å². The number of halogens is 4. The second-order valence-corrected chi connectivity index (χ2v) is 5.21. The Morgan fingerprint density at radius 1 is 1.50 bits per heavy atom. The van der Waals surface area contributed by atoms with Gasteiger partial charge in [-0.1, -0.05) is 22.9 Å². The molecule has 1 aromatic heterocycles. The molecular formula is C9H10BrF3S. The summed E-state index contributed by atoms with van der Waals surface area (Å²) in [5.74, 6) is 0. The Labute approximate surface area is 93.3 Å². The van der Waals surface area contributed by atoms with E-state index in [0.29, 0.717) is 11.3 Å². The van der Waals surface area contributed by atoms with Crippen LogP contribution in [0, 0.1) is 6.92 Å². The van der Waals surface area contributed by atoms with Crippen LogP contribution < -0.4 is 0 Å². The van der Waals surface area contributed by atoms with Crippen LogP contribution in [-0.2, 0) is 6.42 Å². The predicted molar refractivity (Wildman–Crippen MR) is 56.2 cm³/mol. The molecule has 1 heterocycles. The van der Waals surface area contributed by atoms with E-state index in [4.69, 9.17) is 0 Å². The Hall–Kier alpha value is -0.0300. The Balaban J connectivity index is 3.05. The largest absolute Gasteiger partial charge is 0.405 e. The monoisotopic (exact) mass is 286 g/mol. The predicted octanol–water partition coefficient (Wildman–Crippen LogP) is 4.62. The summed E-state index contributed by atoms with van der Waals surface area (Å²) in [6.45, 7) is 3.69. The molecule has 0 spiro atoms. The number of alkyl halides is 4. The van der Waals surface area contributed by atoms with Crippen LogP contribution in [0.2, 0.25) is 0 Å². The molecule has 0 bridgehead atoms. The number of hydrogen-bond acceptors (Lipinski definition) is 1. The number of hydrogen-bond donors (Lipinski definition) is 0.